The fraction of sp³-hybridized carbons (Fsp3) is 0.360. The molecule has 180 valence electrons. The third-order valence-electron chi connectivity index (χ3n) is 6.09. The minimum atomic E-state index is -0.848. The molecule has 0 saturated carbocycles. The molecule has 1 aliphatic rings. The van der Waals surface area contributed by atoms with E-state index in [9.17, 15) is 24.8 Å². The third kappa shape index (κ3) is 5.09. The second-order valence-corrected chi connectivity index (χ2v) is 7.95. The summed E-state index contributed by atoms with van der Waals surface area (Å²) in [5.74, 6) is -1.19. The number of methoxy groups -OCH3 is 1. The molecule has 1 N–H and O–H groups in total. The van der Waals surface area contributed by atoms with Gasteiger partial charge in [0.2, 0.25) is 0 Å². The quantitative estimate of drug-likeness (QED) is 0.186. The van der Waals surface area contributed by atoms with E-state index in [1.54, 1.807) is 24.3 Å². The maximum atomic E-state index is 13.1. The first-order valence-corrected chi connectivity index (χ1v) is 11.2. The van der Waals surface area contributed by atoms with E-state index in [-0.39, 0.29) is 17.0 Å². The molecular formula is C25H29N3O6. The summed E-state index contributed by atoms with van der Waals surface area (Å²) in [6.07, 6.45) is 0.640. The highest BCUT2D eigenvalue weighted by Gasteiger charge is 2.45. The second-order valence-electron chi connectivity index (χ2n) is 7.95. The molecule has 1 heterocycles. The fourth-order valence-electron chi connectivity index (χ4n) is 4.14. The number of nitro groups is 1. The van der Waals surface area contributed by atoms with E-state index in [4.69, 9.17) is 4.74 Å². The van der Waals surface area contributed by atoms with Gasteiger partial charge in [0.15, 0.2) is 0 Å². The first kappa shape index (κ1) is 24.9. The monoisotopic (exact) mass is 467 g/mol. The average Bonchev–Trinajstić information content (AvgIpc) is 3.11. The molecule has 2 aromatic rings. The van der Waals surface area contributed by atoms with Crippen LogP contribution < -0.4 is 4.74 Å². The molecule has 1 amide bonds. The summed E-state index contributed by atoms with van der Waals surface area (Å²) in [6.45, 7) is 6.92. The molecule has 1 saturated heterocycles. The highest BCUT2D eigenvalue weighted by Crippen LogP contribution is 2.40. The molecule has 3 rings (SSSR count). The summed E-state index contributed by atoms with van der Waals surface area (Å²) >= 11 is 0. The number of nitro benzene ring substituents is 1. The fourth-order valence-corrected chi connectivity index (χ4v) is 4.14. The van der Waals surface area contributed by atoms with Crippen LogP contribution in [0.1, 0.15) is 37.4 Å². The summed E-state index contributed by atoms with van der Waals surface area (Å²) in [4.78, 5) is 40.3. The number of Topliss-reactive ketones (excluding diaryl/α,β-unsaturated/α-hetero) is 1. The standard InChI is InChI=1S/C25H29N3O6/c1-4-26(5-2)15-6-16-27-22(17-7-11-19(12-8-17)28(32)33)21(24(30)25(27)31)23(29)18-9-13-20(34-3)14-10-18/h7-14,22,29H,4-6,15-16H2,1-3H3/b23-21+/t22-/m1/s1. The van der Waals surface area contributed by atoms with Crippen molar-refractivity contribution in [2.24, 2.45) is 0 Å². The number of hydrogen-bond acceptors (Lipinski definition) is 7. The maximum absolute atomic E-state index is 13.1. The number of aliphatic hydroxyl groups is 1. The van der Waals surface area contributed by atoms with Gasteiger partial charge in [0.05, 0.1) is 23.6 Å². The number of amides is 1. The lowest BCUT2D eigenvalue weighted by atomic mass is 9.95. The van der Waals surface area contributed by atoms with Crippen LogP contribution in [-0.4, -0.2) is 64.8 Å². The van der Waals surface area contributed by atoms with Gasteiger partial charge in [-0.25, -0.2) is 0 Å². The Balaban J connectivity index is 2.03. The normalized spacial score (nSPS) is 17.4. The molecule has 0 bridgehead atoms. The number of benzene rings is 2. The van der Waals surface area contributed by atoms with E-state index in [2.05, 4.69) is 18.7 Å². The molecule has 2 aromatic carbocycles. The maximum Gasteiger partial charge on any atom is 0.295 e. The van der Waals surface area contributed by atoms with Gasteiger partial charge in [0.25, 0.3) is 17.4 Å². The highest BCUT2D eigenvalue weighted by atomic mass is 16.6. The lowest BCUT2D eigenvalue weighted by Crippen LogP contribution is -2.33. The summed E-state index contributed by atoms with van der Waals surface area (Å²) in [5, 5.41) is 22.2. The average molecular weight is 468 g/mol. The minimum absolute atomic E-state index is 0.0353. The van der Waals surface area contributed by atoms with E-state index in [1.165, 1.54) is 36.3 Å². The number of ether oxygens (including phenoxy) is 1. The van der Waals surface area contributed by atoms with Crippen LogP contribution in [0.4, 0.5) is 5.69 Å². The van der Waals surface area contributed by atoms with Crippen LogP contribution in [0.5, 0.6) is 5.75 Å². The van der Waals surface area contributed by atoms with E-state index in [0.717, 1.165) is 19.6 Å². The summed E-state index contributed by atoms with van der Waals surface area (Å²) in [6, 6.07) is 11.4. The van der Waals surface area contributed by atoms with E-state index >= 15 is 0 Å². The molecule has 0 radical (unpaired) electrons. The number of carbonyl (C=O) groups is 2. The number of nitrogens with zero attached hydrogens (tertiary/aromatic N) is 3. The number of likely N-dealkylation sites (tertiary alicyclic amines) is 1. The van der Waals surface area contributed by atoms with Gasteiger partial charge < -0.3 is 19.6 Å². The number of aliphatic hydroxyl groups excluding tert-OH is 1. The zero-order chi connectivity index (χ0) is 24.8. The van der Waals surface area contributed by atoms with Crippen molar-refractivity contribution in [1.29, 1.82) is 0 Å². The Kier molecular flexibility index (Phi) is 8.01. The first-order chi connectivity index (χ1) is 16.3. The van der Waals surface area contributed by atoms with Gasteiger partial charge in [-0.3, -0.25) is 19.7 Å². The highest BCUT2D eigenvalue weighted by molar-refractivity contribution is 6.46. The van der Waals surface area contributed by atoms with Gasteiger partial charge in [-0.15, -0.1) is 0 Å². The Labute approximate surface area is 198 Å². The Morgan fingerprint density at radius 1 is 1.09 bits per heavy atom. The Morgan fingerprint density at radius 3 is 2.24 bits per heavy atom. The SMILES string of the molecule is CCN(CC)CCCN1C(=O)C(=O)/C(=C(/O)c2ccc(OC)cc2)[C@H]1c1ccc([N+](=O)[O-])cc1. The topological polar surface area (TPSA) is 113 Å². The molecule has 1 atom stereocenters. The van der Waals surface area contributed by atoms with Crippen molar-refractivity contribution in [1.82, 2.24) is 9.80 Å². The van der Waals surface area contributed by atoms with Crippen LogP contribution in [0.3, 0.4) is 0 Å². The van der Waals surface area contributed by atoms with Crippen molar-refractivity contribution in [2.45, 2.75) is 26.3 Å². The molecule has 0 aromatic heterocycles. The summed E-state index contributed by atoms with van der Waals surface area (Å²) in [7, 11) is 1.52. The van der Waals surface area contributed by atoms with Crippen molar-refractivity contribution in [2.75, 3.05) is 33.3 Å². The number of hydrogen-bond donors (Lipinski definition) is 1. The molecule has 0 aliphatic carbocycles. The minimum Gasteiger partial charge on any atom is -0.507 e. The number of rotatable bonds is 10. The Morgan fingerprint density at radius 2 is 1.71 bits per heavy atom. The van der Waals surface area contributed by atoms with Crippen molar-refractivity contribution in [3.63, 3.8) is 0 Å². The molecule has 1 aliphatic heterocycles. The van der Waals surface area contributed by atoms with Crippen molar-refractivity contribution < 1.29 is 24.4 Å². The molecule has 0 spiro atoms. The van der Waals surface area contributed by atoms with Crippen LogP contribution in [0.25, 0.3) is 5.76 Å². The molecule has 1 fully saturated rings. The van der Waals surface area contributed by atoms with Crippen LogP contribution >= 0.6 is 0 Å². The number of carbonyl (C=O) groups excluding carboxylic acids is 2. The predicted molar refractivity (Wildman–Crippen MR) is 128 cm³/mol. The lowest BCUT2D eigenvalue weighted by Gasteiger charge is -2.26. The molecule has 9 nitrogen and oxygen atoms in total. The number of non-ortho nitro benzene ring substituents is 1. The van der Waals surface area contributed by atoms with Gasteiger partial charge >= 0.3 is 0 Å². The lowest BCUT2D eigenvalue weighted by molar-refractivity contribution is -0.384. The molecule has 9 heteroatoms. The zero-order valence-corrected chi connectivity index (χ0v) is 19.6. The van der Waals surface area contributed by atoms with Gasteiger partial charge in [0.1, 0.15) is 11.5 Å². The molecule has 34 heavy (non-hydrogen) atoms. The molecule has 0 unspecified atom stereocenters. The van der Waals surface area contributed by atoms with Crippen molar-refractivity contribution in [3.05, 3.63) is 75.3 Å². The van der Waals surface area contributed by atoms with Gasteiger partial charge in [0, 0.05) is 24.2 Å². The first-order valence-electron chi connectivity index (χ1n) is 11.2. The summed E-state index contributed by atoms with van der Waals surface area (Å²) < 4.78 is 5.15. The van der Waals surface area contributed by atoms with Gasteiger partial charge in [-0.05, 0) is 68.0 Å². The second kappa shape index (κ2) is 10.9. The van der Waals surface area contributed by atoms with Crippen molar-refractivity contribution in [3.8, 4) is 5.75 Å². The molecular weight excluding hydrogens is 438 g/mol. The Bertz CT molecular complexity index is 1070. The van der Waals surface area contributed by atoms with E-state index < -0.39 is 22.7 Å². The van der Waals surface area contributed by atoms with Crippen LogP contribution in [0, 0.1) is 10.1 Å². The van der Waals surface area contributed by atoms with E-state index in [0.29, 0.717) is 29.8 Å². The predicted octanol–water partition coefficient (Wildman–Crippen LogP) is 3.76. The third-order valence-corrected chi connectivity index (χ3v) is 6.09. The van der Waals surface area contributed by atoms with Gasteiger partial charge in [-0.2, -0.15) is 0 Å². The van der Waals surface area contributed by atoms with Crippen LogP contribution in [0.15, 0.2) is 54.1 Å². The van der Waals surface area contributed by atoms with E-state index in [1.807, 2.05) is 0 Å². The largest absolute Gasteiger partial charge is 0.507 e. The zero-order valence-electron chi connectivity index (χ0n) is 19.6. The summed E-state index contributed by atoms with van der Waals surface area (Å²) in [5.41, 5.74) is 0.751. The van der Waals surface area contributed by atoms with Crippen molar-refractivity contribution >= 4 is 23.1 Å². The van der Waals surface area contributed by atoms with Gasteiger partial charge in [-0.1, -0.05) is 13.8 Å². The van der Waals surface area contributed by atoms with Crippen LogP contribution in [0.2, 0.25) is 0 Å². The van der Waals surface area contributed by atoms with Crippen LogP contribution in [-0.2, 0) is 9.59 Å². The Hall–Kier alpha value is -3.72. The number of ketones is 1. The smallest absolute Gasteiger partial charge is 0.295 e.